The van der Waals surface area contributed by atoms with Gasteiger partial charge < -0.3 is 20.1 Å². The summed E-state index contributed by atoms with van der Waals surface area (Å²) in [5, 5.41) is 5.74. The zero-order chi connectivity index (χ0) is 20.5. The number of hydrogen-bond donors (Lipinski definition) is 2. The summed E-state index contributed by atoms with van der Waals surface area (Å²) in [4.78, 5) is 24.8. The number of hydrogen-bond acceptors (Lipinski definition) is 4. The lowest BCUT2D eigenvalue weighted by Gasteiger charge is -2.16. The number of rotatable bonds is 9. The van der Waals surface area contributed by atoms with Gasteiger partial charge in [-0.15, -0.1) is 0 Å². The molecule has 0 aromatic heterocycles. The van der Waals surface area contributed by atoms with Crippen molar-refractivity contribution in [3.8, 4) is 11.5 Å². The molecule has 2 N–H and O–H groups in total. The summed E-state index contributed by atoms with van der Waals surface area (Å²) in [5.74, 6) is 0.0614. The molecule has 0 aliphatic heterocycles. The molecule has 2 rings (SSSR count). The molecule has 0 heterocycles. The smallest absolute Gasteiger partial charge is 0.252 e. The van der Waals surface area contributed by atoms with Crippen LogP contribution >= 0.6 is 11.6 Å². The van der Waals surface area contributed by atoms with Crippen molar-refractivity contribution in [3.05, 3.63) is 58.6 Å². The Balaban J connectivity index is 2.00. The second-order valence-corrected chi connectivity index (χ2v) is 6.64. The Morgan fingerprint density at radius 1 is 1.18 bits per heavy atom. The van der Waals surface area contributed by atoms with Gasteiger partial charge in [0, 0.05) is 12.1 Å². The van der Waals surface area contributed by atoms with Crippen LogP contribution in [0.25, 0.3) is 0 Å². The van der Waals surface area contributed by atoms with E-state index in [0.717, 1.165) is 12.0 Å². The number of nitrogens with one attached hydrogen (secondary N) is 2. The van der Waals surface area contributed by atoms with Crippen LogP contribution < -0.4 is 20.1 Å². The SMILES string of the molecule is CCCOc1c(Cl)cc(C(=O)NC(C)C(=O)NCc2ccccc2)cc1OC. The molecule has 150 valence electrons. The van der Waals surface area contributed by atoms with E-state index in [1.807, 2.05) is 37.3 Å². The minimum atomic E-state index is -0.711. The van der Waals surface area contributed by atoms with E-state index in [1.165, 1.54) is 13.2 Å². The Hall–Kier alpha value is -2.73. The standard InChI is InChI=1S/C21H25ClN2O4/c1-4-10-28-19-17(22)11-16(12-18(19)27-3)21(26)24-14(2)20(25)23-13-15-8-6-5-7-9-15/h5-9,11-12,14H,4,10,13H2,1-3H3,(H,23,25)(H,24,26). The number of carbonyl (C=O) groups excluding carboxylic acids is 2. The molecule has 0 aliphatic rings. The second kappa shape index (κ2) is 10.6. The van der Waals surface area contributed by atoms with Crippen molar-refractivity contribution in [1.82, 2.24) is 10.6 Å². The van der Waals surface area contributed by atoms with Gasteiger partial charge in [-0.05, 0) is 31.0 Å². The van der Waals surface area contributed by atoms with Gasteiger partial charge in [-0.25, -0.2) is 0 Å². The summed E-state index contributed by atoms with van der Waals surface area (Å²) in [6, 6.07) is 11.9. The van der Waals surface area contributed by atoms with Crippen molar-refractivity contribution in [1.29, 1.82) is 0 Å². The van der Waals surface area contributed by atoms with E-state index in [4.69, 9.17) is 21.1 Å². The summed E-state index contributed by atoms with van der Waals surface area (Å²) in [6.07, 6.45) is 0.817. The molecule has 1 atom stereocenters. The molecule has 2 aromatic rings. The van der Waals surface area contributed by atoms with Gasteiger partial charge in [0.1, 0.15) is 6.04 Å². The molecule has 0 fully saturated rings. The van der Waals surface area contributed by atoms with E-state index in [9.17, 15) is 9.59 Å². The van der Waals surface area contributed by atoms with Crippen molar-refractivity contribution < 1.29 is 19.1 Å². The van der Waals surface area contributed by atoms with Crippen molar-refractivity contribution in [2.75, 3.05) is 13.7 Å². The van der Waals surface area contributed by atoms with E-state index < -0.39 is 11.9 Å². The van der Waals surface area contributed by atoms with Crippen LogP contribution in [-0.4, -0.2) is 31.6 Å². The van der Waals surface area contributed by atoms with Gasteiger partial charge in [-0.1, -0.05) is 48.9 Å². The molecule has 2 amide bonds. The largest absolute Gasteiger partial charge is 0.493 e. The van der Waals surface area contributed by atoms with Gasteiger partial charge in [-0.3, -0.25) is 9.59 Å². The van der Waals surface area contributed by atoms with Crippen LogP contribution in [0.4, 0.5) is 0 Å². The maximum absolute atomic E-state index is 12.5. The lowest BCUT2D eigenvalue weighted by molar-refractivity contribution is -0.122. The highest BCUT2D eigenvalue weighted by Gasteiger charge is 2.20. The molecule has 2 aromatic carbocycles. The highest BCUT2D eigenvalue weighted by Crippen LogP contribution is 2.36. The number of methoxy groups -OCH3 is 1. The van der Waals surface area contributed by atoms with Crippen LogP contribution in [0.1, 0.15) is 36.2 Å². The van der Waals surface area contributed by atoms with Gasteiger partial charge >= 0.3 is 0 Å². The first-order chi connectivity index (χ1) is 13.5. The molecule has 0 saturated heterocycles. The van der Waals surface area contributed by atoms with E-state index >= 15 is 0 Å². The molecule has 0 radical (unpaired) electrons. The molecule has 6 nitrogen and oxygen atoms in total. The number of ether oxygens (including phenoxy) is 2. The Bertz CT molecular complexity index is 812. The molecule has 0 saturated carbocycles. The van der Waals surface area contributed by atoms with Gasteiger partial charge in [-0.2, -0.15) is 0 Å². The Kier molecular flexibility index (Phi) is 8.14. The maximum atomic E-state index is 12.5. The number of amides is 2. The fourth-order valence-electron chi connectivity index (χ4n) is 2.48. The average Bonchev–Trinajstić information content (AvgIpc) is 2.71. The summed E-state index contributed by atoms with van der Waals surface area (Å²) < 4.78 is 10.9. The lowest BCUT2D eigenvalue weighted by atomic mass is 10.1. The van der Waals surface area contributed by atoms with E-state index in [-0.39, 0.29) is 16.5 Å². The van der Waals surface area contributed by atoms with Crippen LogP contribution in [0.2, 0.25) is 5.02 Å². The third kappa shape index (κ3) is 5.89. The summed E-state index contributed by atoms with van der Waals surface area (Å²) >= 11 is 6.25. The monoisotopic (exact) mass is 404 g/mol. The second-order valence-electron chi connectivity index (χ2n) is 6.24. The van der Waals surface area contributed by atoms with Crippen LogP contribution in [0, 0.1) is 0 Å². The lowest BCUT2D eigenvalue weighted by Crippen LogP contribution is -2.44. The van der Waals surface area contributed by atoms with Gasteiger partial charge in [0.15, 0.2) is 11.5 Å². The molecular formula is C21H25ClN2O4. The molecule has 1 unspecified atom stereocenters. The van der Waals surface area contributed by atoms with Crippen molar-refractivity contribution in [2.24, 2.45) is 0 Å². The fourth-order valence-corrected chi connectivity index (χ4v) is 2.74. The summed E-state index contributed by atoms with van der Waals surface area (Å²) in [7, 11) is 1.48. The van der Waals surface area contributed by atoms with Crippen LogP contribution in [0.15, 0.2) is 42.5 Å². The molecule has 0 spiro atoms. The third-order valence-corrected chi connectivity index (χ3v) is 4.27. The van der Waals surface area contributed by atoms with Crippen LogP contribution in [0.3, 0.4) is 0 Å². The third-order valence-electron chi connectivity index (χ3n) is 3.99. The first-order valence-electron chi connectivity index (χ1n) is 9.09. The highest BCUT2D eigenvalue weighted by atomic mass is 35.5. The zero-order valence-electron chi connectivity index (χ0n) is 16.3. The molecular weight excluding hydrogens is 380 g/mol. The summed E-state index contributed by atoms with van der Waals surface area (Å²) in [5.41, 5.74) is 1.27. The zero-order valence-corrected chi connectivity index (χ0v) is 17.0. The van der Waals surface area contributed by atoms with Gasteiger partial charge in [0.25, 0.3) is 5.91 Å². The first-order valence-corrected chi connectivity index (χ1v) is 9.46. The number of halogens is 1. The highest BCUT2D eigenvalue weighted by molar-refractivity contribution is 6.32. The maximum Gasteiger partial charge on any atom is 0.252 e. The van der Waals surface area contributed by atoms with E-state index in [2.05, 4.69) is 10.6 Å². The van der Waals surface area contributed by atoms with E-state index in [1.54, 1.807) is 13.0 Å². The Morgan fingerprint density at radius 2 is 1.89 bits per heavy atom. The van der Waals surface area contributed by atoms with Gasteiger partial charge in [0.05, 0.1) is 18.7 Å². The average molecular weight is 405 g/mol. The topological polar surface area (TPSA) is 76.7 Å². The normalized spacial score (nSPS) is 11.4. The molecule has 7 heteroatoms. The van der Waals surface area contributed by atoms with Crippen LogP contribution in [-0.2, 0) is 11.3 Å². The predicted octanol–water partition coefficient (Wildman–Crippen LogP) is 3.57. The Labute approximate surface area is 170 Å². The minimum Gasteiger partial charge on any atom is -0.493 e. The minimum absolute atomic E-state index is 0.277. The fraction of sp³-hybridized carbons (Fsp3) is 0.333. The van der Waals surface area contributed by atoms with E-state index in [0.29, 0.717) is 24.7 Å². The molecule has 28 heavy (non-hydrogen) atoms. The van der Waals surface area contributed by atoms with Gasteiger partial charge in [0.2, 0.25) is 5.91 Å². The quantitative estimate of drug-likeness (QED) is 0.669. The first kappa shape index (κ1) is 21.6. The van der Waals surface area contributed by atoms with Crippen LogP contribution in [0.5, 0.6) is 11.5 Å². The van der Waals surface area contributed by atoms with Crippen molar-refractivity contribution >= 4 is 23.4 Å². The molecule has 0 aliphatic carbocycles. The number of carbonyl (C=O) groups is 2. The predicted molar refractivity (Wildman–Crippen MR) is 109 cm³/mol. The summed E-state index contributed by atoms with van der Waals surface area (Å²) in [6.45, 7) is 4.48. The van der Waals surface area contributed by atoms with Crippen molar-refractivity contribution in [3.63, 3.8) is 0 Å². The Morgan fingerprint density at radius 3 is 2.54 bits per heavy atom. The molecule has 0 bridgehead atoms. The number of benzene rings is 2. The van der Waals surface area contributed by atoms with Crippen molar-refractivity contribution in [2.45, 2.75) is 32.9 Å².